The number of pyridine rings is 1. The number of nitro benzene ring substituents is 1. The van der Waals surface area contributed by atoms with Crippen LogP contribution in [0, 0.1) is 10.1 Å². The number of hydrogen-bond acceptors (Lipinski definition) is 14. The topological polar surface area (TPSA) is 282 Å². The van der Waals surface area contributed by atoms with Crippen LogP contribution in [0.4, 0.5) is 22.1 Å². The molecule has 20 heteroatoms. The summed E-state index contributed by atoms with van der Waals surface area (Å²) in [5.74, 6) is -1.99. The van der Waals surface area contributed by atoms with Gasteiger partial charge in [0, 0.05) is 69.7 Å². The molecule has 0 spiro atoms. The van der Waals surface area contributed by atoms with Gasteiger partial charge < -0.3 is 41.5 Å². The number of rotatable bonds is 17. The van der Waals surface area contributed by atoms with Gasteiger partial charge in [0.15, 0.2) is 11.3 Å². The van der Waals surface area contributed by atoms with E-state index < -0.39 is 33.9 Å². The van der Waals surface area contributed by atoms with E-state index in [-0.39, 0.29) is 65.8 Å². The molecule has 8 N–H and O–H groups in total. The molecular weight excluding hydrogens is 740 g/mol. The van der Waals surface area contributed by atoms with E-state index in [1.807, 2.05) is 20.8 Å². The summed E-state index contributed by atoms with van der Waals surface area (Å²) < 4.78 is 13.1. The predicted molar refractivity (Wildman–Crippen MR) is 214 cm³/mol. The van der Waals surface area contributed by atoms with Crippen LogP contribution in [-0.4, -0.2) is 117 Å². The van der Waals surface area contributed by atoms with E-state index in [1.54, 1.807) is 41.5 Å². The Morgan fingerprint density at radius 1 is 1.04 bits per heavy atom. The van der Waals surface area contributed by atoms with Gasteiger partial charge in [0.25, 0.3) is 17.5 Å². The number of nitrogens with one attached hydrogen (secondary N) is 2. The molecule has 20 nitrogen and oxygen atoms in total. The molecule has 1 saturated heterocycles. The number of fused-ring (bicyclic) bond motifs is 1. The third kappa shape index (κ3) is 12.2. The first-order valence-corrected chi connectivity index (χ1v) is 18.3. The zero-order chi connectivity index (χ0) is 41.9. The Bertz CT molecular complexity index is 2070. The first-order valence-electron chi connectivity index (χ1n) is 18.3. The fourth-order valence-electron chi connectivity index (χ4n) is 5.71. The number of allylic oxidation sites excluding steroid dienone is 2. The highest BCUT2D eigenvalue weighted by molar-refractivity contribution is 6.47. The maximum absolute atomic E-state index is 13.2. The van der Waals surface area contributed by atoms with Crippen LogP contribution in [0.5, 0.6) is 5.75 Å². The number of imidazole rings is 1. The Kier molecular flexibility index (Phi) is 14.6. The van der Waals surface area contributed by atoms with Crippen molar-refractivity contribution in [3.05, 3.63) is 69.6 Å². The molecule has 4 rings (SSSR count). The second-order valence-corrected chi connectivity index (χ2v) is 14.0. The number of carbonyl (C=O) groups excluding carboxylic acids is 4. The lowest BCUT2D eigenvalue weighted by atomic mass is 10.1. The van der Waals surface area contributed by atoms with E-state index in [2.05, 4.69) is 30.5 Å². The summed E-state index contributed by atoms with van der Waals surface area (Å²) in [4.78, 5) is 77.7. The maximum atomic E-state index is 13.2. The lowest BCUT2D eigenvalue weighted by Gasteiger charge is -2.35. The van der Waals surface area contributed by atoms with E-state index >= 15 is 0 Å². The van der Waals surface area contributed by atoms with Gasteiger partial charge in [-0.1, -0.05) is 12.2 Å². The number of amides is 4. The average Bonchev–Trinajstić information content (AvgIpc) is 3.48. The summed E-state index contributed by atoms with van der Waals surface area (Å²) in [7, 11) is 0. The lowest BCUT2D eigenvalue weighted by molar-refractivity contribution is -0.384. The van der Waals surface area contributed by atoms with E-state index in [0.29, 0.717) is 56.9 Å². The van der Waals surface area contributed by atoms with E-state index in [9.17, 15) is 29.3 Å². The molecule has 57 heavy (non-hydrogen) atoms. The van der Waals surface area contributed by atoms with Crippen molar-refractivity contribution >= 4 is 58.0 Å². The fourth-order valence-corrected chi connectivity index (χ4v) is 5.71. The quantitative estimate of drug-likeness (QED) is 0.0433. The normalized spacial score (nSPS) is 14.2. The molecule has 3 heterocycles. The molecule has 0 atom stereocenters. The minimum atomic E-state index is -0.854. The van der Waals surface area contributed by atoms with Crippen molar-refractivity contribution in [1.82, 2.24) is 24.3 Å². The van der Waals surface area contributed by atoms with Gasteiger partial charge in [-0.15, -0.1) is 0 Å². The minimum absolute atomic E-state index is 0.0141. The number of benzene rings is 1. The number of ether oxygens (including phenoxy) is 2. The second-order valence-electron chi connectivity index (χ2n) is 14.0. The van der Waals surface area contributed by atoms with Gasteiger partial charge in [-0.05, 0) is 65.3 Å². The molecule has 1 fully saturated rings. The van der Waals surface area contributed by atoms with Gasteiger partial charge in [0.1, 0.15) is 22.8 Å². The summed E-state index contributed by atoms with van der Waals surface area (Å²) in [6.45, 7) is 12.6. The minimum Gasteiger partial charge on any atom is -0.491 e. The zero-order valence-corrected chi connectivity index (χ0v) is 32.7. The predicted octanol–water partition coefficient (Wildman–Crippen LogP) is 2.79. The number of nitrogens with two attached hydrogens (primary N) is 3. The average molecular weight is 791 g/mol. The van der Waals surface area contributed by atoms with Crippen LogP contribution in [0.2, 0.25) is 0 Å². The van der Waals surface area contributed by atoms with Crippen LogP contribution >= 0.6 is 0 Å². The fraction of sp³-hybridized carbons (Fsp3) is 0.432. The van der Waals surface area contributed by atoms with Crippen LogP contribution in [0.3, 0.4) is 0 Å². The standard InChI is InChI=1S/C37H50N12O8/c1-6-41-26(20-23(2)38)34(52)45-35-44-33-27(11-10-25(43-33)32(40)51)48(35)14-8-7-12-42-30-28(49(54)55)21-24(31(39)50)22-29(30)56-19-9-13-46-15-17-47(18-16-46)36(53)57-37(3,4)5/h7-8,10-11,20-22,42H,6,9,12-19,38H2,1-5H3,(H2,39,50)(H2,40,51)(H,43,44,45,52)/b8-7+,23-20-,41-26?. The number of nitrogens with zero attached hydrogens (tertiary/aromatic N) is 7. The summed E-state index contributed by atoms with van der Waals surface area (Å²) in [6.07, 6.45) is 5.07. The highest BCUT2D eigenvalue weighted by Crippen LogP contribution is 2.36. The largest absolute Gasteiger partial charge is 0.491 e. The SMILES string of the molecule is CCN=C(/C=C(/C)N)C(=O)Nc1nc2nc(C(N)=O)ccc2n1C/C=C/CNc1c(OCCCN2CCN(C(=O)OC(C)(C)C)CC2)cc(C(N)=O)cc1[N+](=O)[O-]. The molecule has 0 radical (unpaired) electrons. The van der Waals surface area contributed by atoms with Gasteiger partial charge in [0.05, 0.1) is 17.0 Å². The summed E-state index contributed by atoms with van der Waals surface area (Å²) >= 11 is 0. The number of nitro groups is 1. The third-order valence-corrected chi connectivity index (χ3v) is 8.33. The molecular formula is C37H50N12O8. The Balaban J connectivity index is 1.47. The van der Waals surface area contributed by atoms with Crippen molar-refractivity contribution in [2.45, 2.75) is 53.2 Å². The molecule has 0 aliphatic carbocycles. The summed E-state index contributed by atoms with van der Waals surface area (Å²) in [6, 6.07) is 5.48. The van der Waals surface area contributed by atoms with Crippen molar-refractivity contribution in [1.29, 1.82) is 0 Å². The van der Waals surface area contributed by atoms with E-state index in [0.717, 1.165) is 6.07 Å². The van der Waals surface area contributed by atoms with Gasteiger partial charge in [-0.25, -0.2) is 9.78 Å². The lowest BCUT2D eigenvalue weighted by Crippen LogP contribution is -2.50. The van der Waals surface area contributed by atoms with Gasteiger partial charge in [0.2, 0.25) is 11.9 Å². The molecule has 1 aliphatic rings. The summed E-state index contributed by atoms with van der Waals surface area (Å²) in [5.41, 5.74) is 16.8. The first-order chi connectivity index (χ1) is 27.0. The van der Waals surface area contributed by atoms with Crippen molar-refractivity contribution < 1.29 is 33.6 Å². The number of anilines is 2. The highest BCUT2D eigenvalue weighted by atomic mass is 16.6. The molecule has 3 aromatic rings. The maximum Gasteiger partial charge on any atom is 0.410 e. The van der Waals surface area contributed by atoms with Crippen molar-refractivity contribution in [3.63, 3.8) is 0 Å². The van der Waals surface area contributed by atoms with Crippen LogP contribution in [0.1, 0.15) is 61.9 Å². The Labute approximate surface area is 329 Å². The van der Waals surface area contributed by atoms with E-state index in [1.165, 1.54) is 18.2 Å². The second kappa shape index (κ2) is 19.3. The monoisotopic (exact) mass is 790 g/mol. The molecule has 306 valence electrons. The number of aliphatic imine (C=N–C) groups is 1. The number of aromatic nitrogens is 3. The van der Waals surface area contributed by atoms with Gasteiger partial charge in [-0.3, -0.25) is 39.7 Å². The molecule has 0 saturated carbocycles. The number of primary amides is 2. The zero-order valence-electron chi connectivity index (χ0n) is 32.7. The van der Waals surface area contributed by atoms with Crippen LogP contribution in [-0.2, 0) is 16.1 Å². The molecule has 1 aromatic carbocycles. The van der Waals surface area contributed by atoms with Crippen LogP contribution in [0.15, 0.2) is 53.2 Å². The number of carbonyl (C=O) groups is 4. The Morgan fingerprint density at radius 3 is 2.37 bits per heavy atom. The smallest absolute Gasteiger partial charge is 0.410 e. The Hall–Kier alpha value is -6.57. The molecule has 2 aromatic heterocycles. The third-order valence-electron chi connectivity index (χ3n) is 8.33. The van der Waals surface area contributed by atoms with E-state index in [4.69, 9.17) is 26.7 Å². The van der Waals surface area contributed by atoms with Crippen molar-refractivity contribution in [2.75, 3.05) is 63.1 Å². The number of piperazine rings is 1. The summed E-state index contributed by atoms with van der Waals surface area (Å²) in [5, 5.41) is 17.9. The molecule has 1 aliphatic heterocycles. The van der Waals surface area contributed by atoms with Crippen molar-refractivity contribution in [2.24, 2.45) is 22.2 Å². The van der Waals surface area contributed by atoms with Crippen LogP contribution < -0.4 is 32.6 Å². The van der Waals surface area contributed by atoms with Crippen molar-refractivity contribution in [3.8, 4) is 5.75 Å². The first kappa shape index (κ1) is 43.2. The Morgan fingerprint density at radius 2 is 1.75 bits per heavy atom. The van der Waals surface area contributed by atoms with Crippen LogP contribution in [0.25, 0.3) is 11.2 Å². The van der Waals surface area contributed by atoms with Gasteiger partial charge >= 0.3 is 6.09 Å². The number of hydrogen-bond donors (Lipinski definition) is 5. The highest BCUT2D eigenvalue weighted by Gasteiger charge is 2.26. The molecule has 0 unspecified atom stereocenters. The molecule has 0 bridgehead atoms. The molecule has 4 amide bonds. The van der Waals surface area contributed by atoms with Gasteiger partial charge in [-0.2, -0.15) is 4.98 Å².